The second kappa shape index (κ2) is 5.76. The van der Waals surface area contributed by atoms with E-state index in [1.165, 1.54) is 0 Å². The van der Waals surface area contributed by atoms with Gasteiger partial charge in [0.15, 0.2) is 0 Å². The van der Waals surface area contributed by atoms with E-state index in [1.807, 2.05) is 18.4 Å². The van der Waals surface area contributed by atoms with Crippen LogP contribution in [0.4, 0.5) is 0 Å². The summed E-state index contributed by atoms with van der Waals surface area (Å²) in [6.45, 7) is 6.20. The molecule has 18 heavy (non-hydrogen) atoms. The van der Waals surface area contributed by atoms with Crippen LogP contribution >= 0.6 is 15.9 Å². The molecule has 1 heterocycles. The molecule has 1 aromatic carbocycles. The normalized spacial score (nSPS) is 11.4. The predicted molar refractivity (Wildman–Crippen MR) is 77.0 cm³/mol. The summed E-state index contributed by atoms with van der Waals surface area (Å²) in [5.74, 6) is 1.48. The van der Waals surface area contributed by atoms with Gasteiger partial charge >= 0.3 is 0 Å². The first-order chi connectivity index (χ1) is 8.61. The van der Waals surface area contributed by atoms with E-state index >= 15 is 0 Å². The number of nitrogens with one attached hydrogen (secondary N) is 1. The van der Waals surface area contributed by atoms with E-state index in [4.69, 9.17) is 9.15 Å². The van der Waals surface area contributed by atoms with Gasteiger partial charge in [-0.3, -0.25) is 0 Å². The van der Waals surface area contributed by atoms with Crippen LogP contribution in [0.25, 0.3) is 11.0 Å². The van der Waals surface area contributed by atoms with Crippen molar-refractivity contribution in [1.82, 2.24) is 5.32 Å². The molecule has 3 nitrogen and oxygen atoms in total. The molecule has 0 atom stereocenters. The molecule has 0 aliphatic carbocycles. The Hall–Kier alpha value is -1.00. The minimum atomic E-state index is 0.643. The summed E-state index contributed by atoms with van der Waals surface area (Å²) in [6, 6.07) is 3.92. The Balaban J connectivity index is 2.25. The maximum absolute atomic E-state index is 5.59. The fourth-order valence-corrected chi connectivity index (χ4v) is 2.40. The van der Waals surface area contributed by atoms with Crippen molar-refractivity contribution < 1.29 is 9.15 Å². The van der Waals surface area contributed by atoms with Crippen molar-refractivity contribution in [3.8, 4) is 5.75 Å². The molecule has 1 N–H and O–H groups in total. The first kappa shape index (κ1) is 13.4. The lowest BCUT2D eigenvalue weighted by atomic mass is 10.1. The molecule has 0 fully saturated rings. The van der Waals surface area contributed by atoms with Gasteiger partial charge in [-0.1, -0.05) is 13.8 Å². The molecule has 1 aromatic heterocycles. The highest BCUT2D eigenvalue weighted by atomic mass is 79.9. The van der Waals surface area contributed by atoms with Gasteiger partial charge in [0, 0.05) is 17.5 Å². The van der Waals surface area contributed by atoms with Crippen LogP contribution in [0, 0.1) is 5.92 Å². The SMILES string of the molecule is COc1cc(Br)c2occ(CNCC(C)C)c2c1. The Bertz CT molecular complexity index is 534. The third-order valence-corrected chi connectivity index (χ3v) is 3.37. The summed E-state index contributed by atoms with van der Waals surface area (Å²) in [7, 11) is 1.67. The number of ether oxygens (including phenoxy) is 1. The van der Waals surface area contributed by atoms with Crippen LogP contribution in [0.15, 0.2) is 27.3 Å². The zero-order valence-electron chi connectivity index (χ0n) is 10.9. The monoisotopic (exact) mass is 311 g/mol. The molecular formula is C14H18BrNO2. The third-order valence-electron chi connectivity index (χ3n) is 2.79. The molecule has 0 aliphatic heterocycles. The quantitative estimate of drug-likeness (QED) is 0.908. The first-order valence-corrected chi connectivity index (χ1v) is 6.85. The highest BCUT2D eigenvalue weighted by Crippen LogP contribution is 2.32. The van der Waals surface area contributed by atoms with Gasteiger partial charge in [0.25, 0.3) is 0 Å². The molecule has 0 aliphatic rings. The van der Waals surface area contributed by atoms with Crippen molar-refractivity contribution in [2.45, 2.75) is 20.4 Å². The van der Waals surface area contributed by atoms with Crippen molar-refractivity contribution in [2.24, 2.45) is 5.92 Å². The lowest BCUT2D eigenvalue weighted by Crippen LogP contribution is -2.18. The molecule has 2 aromatic rings. The summed E-state index contributed by atoms with van der Waals surface area (Å²) in [4.78, 5) is 0. The molecule has 0 amide bonds. The molecular weight excluding hydrogens is 294 g/mol. The molecule has 2 rings (SSSR count). The van der Waals surface area contributed by atoms with E-state index < -0.39 is 0 Å². The van der Waals surface area contributed by atoms with Crippen LogP contribution in [-0.2, 0) is 6.54 Å². The van der Waals surface area contributed by atoms with Gasteiger partial charge in [-0.25, -0.2) is 0 Å². The van der Waals surface area contributed by atoms with E-state index in [0.29, 0.717) is 5.92 Å². The van der Waals surface area contributed by atoms with Crippen LogP contribution < -0.4 is 10.1 Å². The lowest BCUT2D eigenvalue weighted by molar-refractivity contribution is 0.415. The number of furan rings is 1. The third kappa shape index (κ3) is 2.87. The number of halogens is 1. The van der Waals surface area contributed by atoms with Crippen molar-refractivity contribution in [3.63, 3.8) is 0 Å². The molecule has 0 spiro atoms. The summed E-state index contributed by atoms with van der Waals surface area (Å²) in [6.07, 6.45) is 1.81. The summed E-state index contributed by atoms with van der Waals surface area (Å²) < 4.78 is 11.8. The Morgan fingerprint density at radius 1 is 1.39 bits per heavy atom. The van der Waals surface area contributed by atoms with Gasteiger partial charge < -0.3 is 14.5 Å². The molecule has 0 saturated carbocycles. The topological polar surface area (TPSA) is 34.4 Å². The minimum Gasteiger partial charge on any atom is -0.497 e. The van der Waals surface area contributed by atoms with E-state index in [1.54, 1.807) is 7.11 Å². The molecule has 0 saturated heterocycles. The highest BCUT2D eigenvalue weighted by molar-refractivity contribution is 9.10. The Morgan fingerprint density at radius 3 is 2.83 bits per heavy atom. The Labute approximate surface area is 116 Å². The van der Waals surface area contributed by atoms with Crippen LogP contribution in [0.2, 0.25) is 0 Å². The van der Waals surface area contributed by atoms with Gasteiger partial charge in [-0.2, -0.15) is 0 Å². The number of benzene rings is 1. The van der Waals surface area contributed by atoms with Gasteiger partial charge in [-0.05, 0) is 40.5 Å². The standard InChI is InChI=1S/C14H18BrNO2/c1-9(2)6-16-7-10-8-18-14-12(10)4-11(17-3)5-13(14)15/h4-5,8-9,16H,6-7H2,1-3H3. The van der Waals surface area contributed by atoms with Gasteiger partial charge in [0.1, 0.15) is 11.3 Å². The summed E-state index contributed by atoms with van der Waals surface area (Å²) in [5, 5.41) is 4.52. The van der Waals surface area contributed by atoms with Crippen molar-refractivity contribution >= 4 is 26.9 Å². The van der Waals surface area contributed by atoms with Crippen LogP contribution in [0.5, 0.6) is 5.75 Å². The van der Waals surface area contributed by atoms with Crippen molar-refractivity contribution in [1.29, 1.82) is 0 Å². The van der Waals surface area contributed by atoms with E-state index in [9.17, 15) is 0 Å². The van der Waals surface area contributed by atoms with Crippen molar-refractivity contribution in [3.05, 3.63) is 28.4 Å². The van der Waals surface area contributed by atoms with E-state index in [0.717, 1.165) is 39.8 Å². The van der Waals surface area contributed by atoms with Crippen molar-refractivity contribution in [2.75, 3.05) is 13.7 Å². The van der Waals surface area contributed by atoms with Crippen LogP contribution in [0.1, 0.15) is 19.4 Å². The molecule has 4 heteroatoms. The fourth-order valence-electron chi connectivity index (χ4n) is 1.87. The zero-order chi connectivity index (χ0) is 13.1. The van der Waals surface area contributed by atoms with Gasteiger partial charge in [0.05, 0.1) is 17.8 Å². The number of hydrogen-bond donors (Lipinski definition) is 1. The average molecular weight is 312 g/mol. The number of fused-ring (bicyclic) bond motifs is 1. The average Bonchev–Trinajstić information content (AvgIpc) is 2.72. The summed E-state index contributed by atoms with van der Waals surface area (Å²) >= 11 is 3.50. The largest absolute Gasteiger partial charge is 0.497 e. The van der Waals surface area contributed by atoms with Gasteiger partial charge in [0.2, 0.25) is 0 Å². The molecule has 0 bridgehead atoms. The molecule has 98 valence electrons. The Morgan fingerprint density at radius 2 is 2.17 bits per heavy atom. The predicted octanol–water partition coefficient (Wildman–Crippen LogP) is 3.95. The zero-order valence-corrected chi connectivity index (χ0v) is 12.5. The number of rotatable bonds is 5. The number of hydrogen-bond acceptors (Lipinski definition) is 3. The molecule has 0 radical (unpaired) electrons. The maximum atomic E-state index is 5.59. The van der Waals surface area contributed by atoms with Crippen LogP contribution in [-0.4, -0.2) is 13.7 Å². The molecule has 0 unspecified atom stereocenters. The van der Waals surface area contributed by atoms with E-state index in [-0.39, 0.29) is 0 Å². The lowest BCUT2D eigenvalue weighted by Gasteiger charge is -2.06. The maximum Gasteiger partial charge on any atom is 0.148 e. The fraction of sp³-hybridized carbons (Fsp3) is 0.429. The Kier molecular flexibility index (Phi) is 4.30. The first-order valence-electron chi connectivity index (χ1n) is 6.06. The highest BCUT2D eigenvalue weighted by Gasteiger charge is 2.11. The second-order valence-electron chi connectivity index (χ2n) is 4.77. The second-order valence-corrected chi connectivity index (χ2v) is 5.63. The number of methoxy groups -OCH3 is 1. The smallest absolute Gasteiger partial charge is 0.148 e. The minimum absolute atomic E-state index is 0.643. The van der Waals surface area contributed by atoms with Gasteiger partial charge in [-0.15, -0.1) is 0 Å². The van der Waals surface area contributed by atoms with E-state index in [2.05, 4.69) is 35.1 Å². The summed E-state index contributed by atoms with van der Waals surface area (Å²) in [5.41, 5.74) is 2.03. The van der Waals surface area contributed by atoms with Crippen LogP contribution in [0.3, 0.4) is 0 Å².